The maximum atomic E-state index is 12.0. The number of nitrogens with zero attached hydrogens (tertiary/aromatic N) is 2. The Balaban J connectivity index is 1.78. The third kappa shape index (κ3) is 2.82. The summed E-state index contributed by atoms with van der Waals surface area (Å²) in [7, 11) is 0. The number of rotatable bonds is 4. The van der Waals surface area contributed by atoms with Gasteiger partial charge in [0.2, 0.25) is 12.3 Å². The zero-order chi connectivity index (χ0) is 14.7. The van der Waals surface area contributed by atoms with E-state index in [1.807, 2.05) is 6.07 Å². The molecule has 7 heteroatoms. The lowest BCUT2D eigenvalue weighted by molar-refractivity contribution is 0.0995. The Labute approximate surface area is 119 Å². The molecule has 2 heterocycles. The average molecular weight is 284 g/mol. The van der Waals surface area contributed by atoms with Gasteiger partial charge in [-0.25, -0.2) is 0 Å². The first kappa shape index (κ1) is 13.1. The van der Waals surface area contributed by atoms with Gasteiger partial charge in [0.15, 0.2) is 5.76 Å². The minimum absolute atomic E-state index is 0.207. The predicted octanol–water partition coefficient (Wildman–Crippen LogP) is 2.04. The number of carbonyl (C=O) groups is 1. The largest absolute Gasteiger partial charge is 0.455 e. The molecule has 0 unspecified atom stereocenters. The third-order valence-corrected chi connectivity index (χ3v) is 2.81. The van der Waals surface area contributed by atoms with Gasteiger partial charge in [0.05, 0.1) is 6.54 Å². The Morgan fingerprint density at radius 2 is 2.19 bits per heavy atom. The fraction of sp³-hybridized carbons (Fsp3) is 0.0714. The molecule has 0 aliphatic rings. The van der Waals surface area contributed by atoms with Crippen LogP contribution in [0.25, 0.3) is 11.5 Å². The second-order valence-electron chi connectivity index (χ2n) is 4.25. The zero-order valence-electron chi connectivity index (χ0n) is 10.9. The molecule has 1 amide bonds. The van der Waals surface area contributed by atoms with Crippen LogP contribution in [0.2, 0.25) is 0 Å². The first-order valence-electron chi connectivity index (χ1n) is 6.23. The van der Waals surface area contributed by atoms with Crippen molar-refractivity contribution >= 4 is 11.6 Å². The summed E-state index contributed by atoms with van der Waals surface area (Å²) in [4.78, 5) is 12.0. The number of nitrogens with two attached hydrogens (primary N) is 1. The van der Waals surface area contributed by atoms with E-state index >= 15 is 0 Å². The highest BCUT2D eigenvalue weighted by Crippen LogP contribution is 2.21. The highest BCUT2D eigenvalue weighted by atomic mass is 16.4. The van der Waals surface area contributed by atoms with Crippen LogP contribution in [-0.4, -0.2) is 16.1 Å². The van der Waals surface area contributed by atoms with Gasteiger partial charge in [-0.2, -0.15) is 0 Å². The number of carbonyl (C=O) groups excluding carboxylic acids is 1. The summed E-state index contributed by atoms with van der Waals surface area (Å²) in [5, 5.41) is 10.2. The van der Waals surface area contributed by atoms with Crippen LogP contribution >= 0.6 is 0 Å². The van der Waals surface area contributed by atoms with Crippen LogP contribution in [0.1, 0.15) is 16.3 Å². The number of nitrogens with one attached hydrogen (secondary N) is 1. The standard InChI is InChI=1S/C14H12N4O3/c15-7-11-4-5-12(21-11)13(19)17-10-3-1-2-9(6-10)14-18-16-8-20-14/h1-6,8H,7,15H2,(H,17,19). The van der Waals surface area contributed by atoms with E-state index in [1.54, 1.807) is 30.3 Å². The van der Waals surface area contributed by atoms with Crippen LogP contribution in [0.5, 0.6) is 0 Å². The van der Waals surface area contributed by atoms with Crippen molar-refractivity contribution in [2.75, 3.05) is 5.32 Å². The summed E-state index contributed by atoms with van der Waals surface area (Å²) < 4.78 is 10.4. The molecule has 106 valence electrons. The molecule has 2 aromatic heterocycles. The molecule has 0 atom stereocenters. The van der Waals surface area contributed by atoms with Crippen molar-refractivity contribution in [3.63, 3.8) is 0 Å². The van der Waals surface area contributed by atoms with E-state index in [-0.39, 0.29) is 18.2 Å². The van der Waals surface area contributed by atoms with Gasteiger partial charge >= 0.3 is 0 Å². The van der Waals surface area contributed by atoms with Gasteiger partial charge < -0.3 is 19.9 Å². The highest BCUT2D eigenvalue weighted by molar-refractivity contribution is 6.02. The number of hydrogen-bond acceptors (Lipinski definition) is 6. The highest BCUT2D eigenvalue weighted by Gasteiger charge is 2.12. The van der Waals surface area contributed by atoms with Gasteiger partial charge in [0, 0.05) is 11.3 Å². The quantitative estimate of drug-likeness (QED) is 0.759. The number of furan rings is 1. The number of aromatic nitrogens is 2. The van der Waals surface area contributed by atoms with E-state index in [2.05, 4.69) is 15.5 Å². The molecule has 1 aromatic carbocycles. The molecule has 3 aromatic rings. The predicted molar refractivity (Wildman–Crippen MR) is 74.3 cm³/mol. The normalized spacial score (nSPS) is 10.5. The second-order valence-corrected chi connectivity index (χ2v) is 4.25. The van der Waals surface area contributed by atoms with Crippen LogP contribution in [-0.2, 0) is 6.54 Å². The van der Waals surface area contributed by atoms with E-state index < -0.39 is 0 Å². The van der Waals surface area contributed by atoms with E-state index in [0.29, 0.717) is 22.9 Å². The molecule has 0 spiro atoms. The summed E-state index contributed by atoms with van der Waals surface area (Å²) in [5.41, 5.74) is 6.75. The number of amides is 1. The minimum atomic E-state index is -0.350. The maximum Gasteiger partial charge on any atom is 0.291 e. The van der Waals surface area contributed by atoms with E-state index in [0.717, 1.165) is 0 Å². The van der Waals surface area contributed by atoms with Gasteiger partial charge in [-0.3, -0.25) is 4.79 Å². The summed E-state index contributed by atoms with van der Waals surface area (Å²) in [5.74, 6) is 0.797. The van der Waals surface area contributed by atoms with Crippen LogP contribution in [0.3, 0.4) is 0 Å². The molecule has 0 saturated heterocycles. The van der Waals surface area contributed by atoms with Crippen molar-refractivity contribution in [2.24, 2.45) is 5.73 Å². The van der Waals surface area contributed by atoms with Gasteiger partial charge in [-0.05, 0) is 30.3 Å². The lowest BCUT2D eigenvalue weighted by Crippen LogP contribution is -2.10. The summed E-state index contributed by atoms with van der Waals surface area (Å²) >= 11 is 0. The van der Waals surface area contributed by atoms with E-state index in [1.165, 1.54) is 6.39 Å². The molecular formula is C14H12N4O3. The first-order valence-corrected chi connectivity index (χ1v) is 6.23. The number of anilines is 1. The Kier molecular flexibility index (Phi) is 3.48. The SMILES string of the molecule is NCc1ccc(C(=O)Nc2cccc(-c3nnco3)c2)o1. The molecule has 0 radical (unpaired) electrons. The minimum Gasteiger partial charge on any atom is -0.455 e. The van der Waals surface area contributed by atoms with Gasteiger partial charge in [0.25, 0.3) is 5.91 Å². The zero-order valence-corrected chi connectivity index (χ0v) is 10.9. The van der Waals surface area contributed by atoms with E-state index in [4.69, 9.17) is 14.6 Å². The number of hydrogen-bond donors (Lipinski definition) is 2. The lowest BCUT2D eigenvalue weighted by atomic mass is 10.2. The molecule has 7 nitrogen and oxygen atoms in total. The lowest BCUT2D eigenvalue weighted by Gasteiger charge is -2.04. The van der Waals surface area contributed by atoms with Gasteiger partial charge in [-0.1, -0.05) is 6.07 Å². The summed E-state index contributed by atoms with van der Waals surface area (Å²) in [6, 6.07) is 10.3. The molecule has 21 heavy (non-hydrogen) atoms. The van der Waals surface area contributed by atoms with Crippen LogP contribution in [0.15, 0.2) is 51.6 Å². The van der Waals surface area contributed by atoms with Gasteiger partial charge in [-0.15, -0.1) is 10.2 Å². The summed E-state index contributed by atoms with van der Waals surface area (Å²) in [6.07, 6.45) is 1.25. The van der Waals surface area contributed by atoms with Crippen molar-refractivity contribution in [2.45, 2.75) is 6.54 Å². The molecule has 3 N–H and O–H groups in total. The topological polar surface area (TPSA) is 107 Å². The Bertz CT molecular complexity index is 749. The Hall–Kier alpha value is -2.93. The fourth-order valence-electron chi connectivity index (χ4n) is 1.83. The summed E-state index contributed by atoms with van der Waals surface area (Å²) in [6.45, 7) is 0.250. The third-order valence-electron chi connectivity index (χ3n) is 2.81. The van der Waals surface area contributed by atoms with Crippen molar-refractivity contribution in [3.05, 3.63) is 54.3 Å². The fourth-order valence-corrected chi connectivity index (χ4v) is 1.83. The van der Waals surface area contributed by atoms with E-state index in [9.17, 15) is 4.79 Å². The van der Waals surface area contributed by atoms with Crippen LogP contribution in [0, 0.1) is 0 Å². The monoisotopic (exact) mass is 284 g/mol. The molecular weight excluding hydrogens is 272 g/mol. The second kappa shape index (κ2) is 5.59. The van der Waals surface area contributed by atoms with Crippen molar-refractivity contribution in [1.82, 2.24) is 10.2 Å². The molecule has 0 saturated carbocycles. The van der Waals surface area contributed by atoms with Crippen molar-refractivity contribution in [1.29, 1.82) is 0 Å². The molecule has 0 aliphatic carbocycles. The Morgan fingerprint density at radius 1 is 1.29 bits per heavy atom. The van der Waals surface area contributed by atoms with Crippen LogP contribution < -0.4 is 11.1 Å². The first-order chi connectivity index (χ1) is 10.3. The number of benzene rings is 1. The smallest absolute Gasteiger partial charge is 0.291 e. The molecule has 0 fully saturated rings. The van der Waals surface area contributed by atoms with Crippen molar-refractivity contribution in [3.8, 4) is 11.5 Å². The molecule has 0 aliphatic heterocycles. The van der Waals surface area contributed by atoms with Crippen LogP contribution in [0.4, 0.5) is 5.69 Å². The molecule has 0 bridgehead atoms. The maximum absolute atomic E-state index is 12.0. The van der Waals surface area contributed by atoms with Crippen molar-refractivity contribution < 1.29 is 13.6 Å². The Morgan fingerprint density at radius 3 is 2.90 bits per heavy atom. The average Bonchev–Trinajstić information content (AvgIpc) is 3.19. The molecule has 3 rings (SSSR count). The van der Waals surface area contributed by atoms with Gasteiger partial charge in [0.1, 0.15) is 5.76 Å².